The normalized spacial score (nSPS) is 17.6. The molecule has 1 atom stereocenters. The Kier molecular flexibility index (Phi) is 5.05. The molecule has 2 aromatic rings. The van der Waals surface area contributed by atoms with E-state index in [1.807, 2.05) is 18.2 Å². The minimum Gasteiger partial charge on any atom is -0.444 e. The van der Waals surface area contributed by atoms with Crippen LogP contribution in [0.25, 0.3) is 10.9 Å². The number of benzene rings is 1. The average Bonchev–Trinajstić information content (AvgIpc) is 2.86. The summed E-state index contributed by atoms with van der Waals surface area (Å²) in [7, 11) is 0. The van der Waals surface area contributed by atoms with Crippen molar-refractivity contribution in [2.75, 3.05) is 6.54 Å². The molecule has 0 bridgehead atoms. The maximum atomic E-state index is 12.5. The molecule has 2 amide bonds. The summed E-state index contributed by atoms with van der Waals surface area (Å²) in [4.78, 5) is 30.5. The fourth-order valence-electron chi connectivity index (χ4n) is 2.96. The van der Waals surface area contributed by atoms with Gasteiger partial charge in [-0.2, -0.15) is 0 Å². The van der Waals surface area contributed by atoms with E-state index >= 15 is 0 Å². The summed E-state index contributed by atoms with van der Waals surface area (Å²) >= 11 is 6.16. The molecule has 6 nitrogen and oxygen atoms in total. The number of carbonyl (C=O) groups is 2. The third-order valence-corrected chi connectivity index (χ3v) is 4.45. The number of hydrogen-bond acceptors (Lipinski definition) is 4. The van der Waals surface area contributed by atoms with Crippen LogP contribution in [0.5, 0.6) is 0 Å². The van der Waals surface area contributed by atoms with Crippen molar-refractivity contribution >= 4 is 34.5 Å². The van der Waals surface area contributed by atoms with Gasteiger partial charge in [-0.25, -0.2) is 4.79 Å². The molecule has 1 aliphatic heterocycles. The van der Waals surface area contributed by atoms with Crippen LogP contribution in [0.15, 0.2) is 30.5 Å². The lowest BCUT2D eigenvalue weighted by atomic mass is 10.1. The molecule has 1 aromatic heterocycles. The first kappa shape index (κ1) is 18.5. The predicted octanol–water partition coefficient (Wildman–Crippen LogP) is 3.51. The molecule has 26 heavy (non-hydrogen) atoms. The van der Waals surface area contributed by atoms with Gasteiger partial charge in [0.2, 0.25) is 5.91 Å². The summed E-state index contributed by atoms with van der Waals surface area (Å²) in [5.41, 5.74) is 1.17. The Morgan fingerprint density at radius 1 is 1.38 bits per heavy atom. The van der Waals surface area contributed by atoms with Crippen molar-refractivity contribution in [3.8, 4) is 0 Å². The van der Waals surface area contributed by atoms with Crippen LogP contribution >= 0.6 is 11.6 Å². The van der Waals surface area contributed by atoms with Crippen LogP contribution in [0.1, 0.15) is 32.8 Å². The maximum absolute atomic E-state index is 12.5. The van der Waals surface area contributed by atoms with Crippen molar-refractivity contribution in [3.05, 3.63) is 41.0 Å². The summed E-state index contributed by atoms with van der Waals surface area (Å²) in [6.07, 6.45) is 1.66. The lowest BCUT2D eigenvalue weighted by Crippen LogP contribution is -2.43. The van der Waals surface area contributed by atoms with Crippen LogP contribution in [-0.4, -0.2) is 40.1 Å². The third-order valence-electron chi connectivity index (χ3n) is 4.12. The molecule has 0 aliphatic carbocycles. The SMILES string of the molecule is CC(C)(C)OC(=O)N[C@H]1CCN(Cc2ccc3c(Cl)ccnc3c2)C1=O. The second kappa shape index (κ2) is 7.11. The zero-order chi connectivity index (χ0) is 18.9. The van der Waals surface area contributed by atoms with Gasteiger partial charge in [-0.15, -0.1) is 0 Å². The first-order valence-corrected chi connectivity index (χ1v) is 8.92. The number of nitrogens with one attached hydrogen (secondary N) is 1. The Bertz CT molecular complexity index is 848. The molecule has 0 radical (unpaired) electrons. The van der Waals surface area contributed by atoms with Gasteiger partial charge >= 0.3 is 6.09 Å². The summed E-state index contributed by atoms with van der Waals surface area (Å²) in [5.74, 6) is -0.102. The van der Waals surface area contributed by atoms with Gasteiger partial charge < -0.3 is 15.0 Å². The molecule has 1 aliphatic rings. The molecule has 0 spiro atoms. The predicted molar refractivity (Wildman–Crippen MR) is 99.9 cm³/mol. The van der Waals surface area contributed by atoms with E-state index in [4.69, 9.17) is 16.3 Å². The van der Waals surface area contributed by atoms with Gasteiger partial charge in [0, 0.05) is 24.7 Å². The molecule has 138 valence electrons. The van der Waals surface area contributed by atoms with E-state index in [2.05, 4.69) is 10.3 Å². The van der Waals surface area contributed by atoms with Crippen LogP contribution in [0.3, 0.4) is 0 Å². The largest absolute Gasteiger partial charge is 0.444 e. The molecule has 1 fully saturated rings. The Labute approximate surface area is 157 Å². The van der Waals surface area contributed by atoms with E-state index in [0.29, 0.717) is 24.5 Å². The smallest absolute Gasteiger partial charge is 0.408 e. The quantitative estimate of drug-likeness (QED) is 0.891. The Hall–Kier alpha value is -2.34. The number of carbonyl (C=O) groups excluding carboxylic acids is 2. The summed E-state index contributed by atoms with van der Waals surface area (Å²) in [6, 6.07) is 7.00. The zero-order valence-electron chi connectivity index (χ0n) is 15.1. The molecule has 3 rings (SSSR count). The van der Waals surface area contributed by atoms with E-state index in [-0.39, 0.29) is 5.91 Å². The number of halogens is 1. The van der Waals surface area contributed by atoms with Gasteiger partial charge in [0.25, 0.3) is 0 Å². The summed E-state index contributed by atoms with van der Waals surface area (Å²) < 4.78 is 5.22. The van der Waals surface area contributed by atoms with Crippen LogP contribution in [0, 0.1) is 0 Å². The van der Waals surface area contributed by atoms with E-state index < -0.39 is 17.7 Å². The van der Waals surface area contributed by atoms with E-state index in [9.17, 15) is 9.59 Å². The van der Waals surface area contributed by atoms with Gasteiger partial charge in [-0.1, -0.05) is 23.7 Å². The summed E-state index contributed by atoms with van der Waals surface area (Å²) in [6.45, 7) is 6.41. The zero-order valence-corrected chi connectivity index (χ0v) is 15.8. The highest BCUT2D eigenvalue weighted by molar-refractivity contribution is 6.35. The van der Waals surface area contributed by atoms with E-state index in [1.165, 1.54) is 0 Å². The van der Waals surface area contributed by atoms with Gasteiger partial charge in [0.1, 0.15) is 11.6 Å². The molecular formula is C19H22ClN3O3. The first-order chi connectivity index (χ1) is 12.2. The van der Waals surface area contributed by atoms with Crippen molar-refractivity contribution in [3.63, 3.8) is 0 Å². The van der Waals surface area contributed by atoms with Crippen molar-refractivity contribution in [2.24, 2.45) is 0 Å². The minimum absolute atomic E-state index is 0.102. The second-order valence-corrected chi connectivity index (χ2v) is 7.80. The number of nitrogens with zero attached hydrogens (tertiary/aromatic N) is 2. The monoisotopic (exact) mass is 375 g/mol. The van der Waals surface area contributed by atoms with Crippen molar-refractivity contribution in [1.82, 2.24) is 15.2 Å². The number of rotatable bonds is 3. The number of hydrogen-bond donors (Lipinski definition) is 1. The van der Waals surface area contributed by atoms with Crippen LogP contribution in [0.4, 0.5) is 4.79 Å². The van der Waals surface area contributed by atoms with Crippen LogP contribution in [-0.2, 0) is 16.1 Å². The number of alkyl carbamates (subject to hydrolysis) is 1. The number of ether oxygens (including phenoxy) is 1. The van der Waals surface area contributed by atoms with Crippen molar-refractivity contribution in [2.45, 2.75) is 45.4 Å². The van der Waals surface area contributed by atoms with Crippen molar-refractivity contribution < 1.29 is 14.3 Å². The highest BCUT2D eigenvalue weighted by atomic mass is 35.5. The number of pyridine rings is 1. The lowest BCUT2D eigenvalue weighted by molar-refractivity contribution is -0.129. The molecule has 2 heterocycles. The molecule has 0 saturated carbocycles. The lowest BCUT2D eigenvalue weighted by Gasteiger charge is -2.21. The van der Waals surface area contributed by atoms with E-state index in [0.717, 1.165) is 16.5 Å². The van der Waals surface area contributed by atoms with E-state index in [1.54, 1.807) is 37.9 Å². The van der Waals surface area contributed by atoms with Gasteiger partial charge in [-0.3, -0.25) is 9.78 Å². The fraction of sp³-hybridized carbons (Fsp3) is 0.421. The minimum atomic E-state index is -0.592. The van der Waals surface area contributed by atoms with Crippen LogP contribution in [0.2, 0.25) is 5.02 Å². The Balaban J connectivity index is 1.65. The molecule has 1 saturated heterocycles. The highest BCUT2D eigenvalue weighted by Crippen LogP contribution is 2.24. The standard InChI is InChI=1S/C19H22ClN3O3/c1-19(2,3)26-18(25)22-15-7-9-23(17(15)24)11-12-4-5-13-14(20)6-8-21-16(13)10-12/h4-6,8,10,15H,7,9,11H2,1-3H3,(H,22,25)/t15-/m0/s1. The van der Waals surface area contributed by atoms with Crippen LogP contribution < -0.4 is 5.32 Å². The topological polar surface area (TPSA) is 71.5 Å². The Morgan fingerprint density at radius 3 is 2.88 bits per heavy atom. The van der Waals surface area contributed by atoms with Gasteiger partial charge in [0.15, 0.2) is 0 Å². The number of aromatic nitrogens is 1. The van der Waals surface area contributed by atoms with Gasteiger partial charge in [-0.05, 0) is 44.9 Å². The summed E-state index contributed by atoms with van der Waals surface area (Å²) in [5, 5.41) is 4.19. The molecular weight excluding hydrogens is 354 g/mol. The number of amides is 2. The fourth-order valence-corrected chi connectivity index (χ4v) is 3.17. The number of likely N-dealkylation sites (tertiary alicyclic amines) is 1. The molecule has 1 aromatic carbocycles. The second-order valence-electron chi connectivity index (χ2n) is 7.39. The maximum Gasteiger partial charge on any atom is 0.408 e. The molecule has 0 unspecified atom stereocenters. The Morgan fingerprint density at radius 2 is 2.15 bits per heavy atom. The third kappa shape index (κ3) is 4.25. The highest BCUT2D eigenvalue weighted by Gasteiger charge is 2.33. The molecule has 1 N–H and O–H groups in total. The van der Waals surface area contributed by atoms with Gasteiger partial charge in [0.05, 0.1) is 10.5 Å². The molecule has 7 heteroatoms. The average molecular weight is 376 g/mol. The number of fused-ring (bicyclic) bond motifs is 1. The van der Waals surface area contributed by atoms with Crippen molar-refractivity contribution in [1.29, 1.82) is 0 Å². The first-order valence-electron chi connectivity index (χ1n) is 8.54.